The molecule has 0 aromatic heterocycles. The van der Waals surface area contributed by atoms with Crippen LogP contribution in [0.5, 0.6) is 0 Å². The Morgan fingerprint density at radius 2 is 2.00 bits per heavy atom. The summed E-state index contributed by atoms with van der Waals surface area (Å²) in [6, 6.07) is 4.67. The van der Waals surface area contributed by atoms with E-state index in [1.54, 1.807) is 19.1 Å². The molecular weight excluding hydrogens is 261 g/mol. The summed E-state index contributed by atoms with van der Waals surface area (Å²) in [7, 11) is 0. The first-order chi connectivity index (χ1) is 7.73. The number of halogens is 2. The molecule has 1 unspecified atom stereocenters. The van der Waals surface area contributed by atoms with Crippen molar-refractivity contribution in [1.29, 1.82) is 0 Å². The van der Waals surface area contributed by atoms with Gasteiger partial charge in [0.2, 0.25) is 0 Å². The average molecular weight is 276 g/mol. The number of hydrogen-bond donors (Lipinski definition) is 0. The van der Waals surface area contributed by atoms with Crippen molar-refractivity contribution in [1.82, 2.24) is 0 Å². The minimum absolute atomic E-state index is 0.0404. The van der Waals surface area contributed by atoms with Gasteiger partial charge in [-0.05, 0) is 39.8 Å². The molecule has 0 saturated carbocycles. The summed E-state index contributed by atoms with van der Waals surface area (Å²) in [6.45, 7) is 7.06. The van der Waals surface area contributed by atoms with Crippen LogP contribution in [0.2, 0.25) is 5.02 Å². The fraction of sp³-hybridized carbons (Fsp3) is 0.417. The Hall–Kier alpha value is -0.580. The van der Waals surface area contributed by atoms with Gasteiger partial charge in [-0.15, -0.1) is 0 Å². The van der Waals surface area contributed by atoms with E-state index >= 15 is 0 Å². The van der Waals surface area contributed by atoms with Gasteiger partial charge in [-0.1, -0.05) is 22.1 Å². The quantitative estimate of drug-likeness (QED) is 0.598. The van der Waals surface area contributed by atoms with Crippen LogP contribution in [-0.2, 0) is 11.4 Å². The molecule has 0 aliphatic carbocycles. The maximum absolute atomic E-state index is 13.7. The lowest BCUT2D eigenvalue weighted by molar-refractivity contribution is 0.561. The molecule has 0 N–H and O–H groups in total. The topological polar surface area (TPSA) is 35.4 Å². The van der Waals surface area contributed by atoms with Gasteiger partial charge in [0.1, 0.15) is 16.1 Å². The molecule has 2 nitrogen and oxygen atoms in total. The minimum atomic E-state index is -1.40. The lowest BCUT2D eigenvalue weighted by atomic mass is 10.1. The number of benzene rings is 1. The molecule has 94 valence electrons. The maximum Gasteiger partial charge on any atom is 0.150 e. The van der Waals surface area contributed by atoms with E-state index in [9.17, 15) is 8.94 Å². The van der Waals surface area contributed by atoms with Crippen LogP contribution in [0.25, 0.3) is 0 Å². The van der Waals surface area contributed by atoms with Gasteiger partial charge in [0.05, 0.1) is 10.7 Å². The lowest BCUT2D eigenvalue weighted by Crippen LogP contribution is -2.26. The van der Waals surface area contributed by atoms with E-state index in [4.69, 9.17) is 11.6 Å². The molecule has 1 aromatic carbocycles. The van der Waals surface area contributed by atoms with Crippen molar-refractivity contribution in [2.24, 2.45) is 4.40 Å². The Labute approximate surface area is 109 Å². The molecule has 0 amide bonds. The smallest absolute Gasteiger partial charge is 0.150 e. The van der Waals surface area contributed by atoms with Gasteiger partial charge in [0.25, 0.3) is 0 Å². The summed E-state index contributed by atoms with van der Waals surface area (Å²) >= 11 is 4.27. The van der Waals surface area contributed by atoms with E-state index < -0.39 is 21.9 Å². The summed E-state index contributed by atoms with van der Waals surface area (Å²) in [5.74, 6) is -0.527. The zero-order valence-electron chi connectivity index (χ0n) is 10.3. The van der Waals surface area contributed by atoms with Crippen LogP contribution in [0.1, 0.15) is 33.3 Å². The van der Waals surface area contributed by atoms with Gasteiger partial charge in [-0.3, -0.25) is 0 Å². The third kappa shape index (κ3) is 3.69. The highest BCUT2D eigenvalue weighted by Gasteiger charge is 2.27. The largest absolute Gasteiger partial charge is 0.591 e. The van der Waals surface area contributed by atoms with E-state index in [0.29, 0.717) is 5.71 Å². The molecule has 0 spiro atoms. The molecule has 17 heavy (non-hydrogen) atoms. The zero-order valence-corrected chi connectivity index (χ0v) is 11.8. The highest BCUT2D eigenvalue weighted by atomic mass is 35.5. The van der Waals surface area contributed by atoms with Crippen LogP contribution >= 0.6 is 11.6 Å². The monoisotopic (exact) mass is 275 g/mol. The van der Waals surface area contributed by atoms with Crippen molar-refractivity contribution in [3.05, 3.63) is 34.6 Å². The molecule has 0 fully saturated rings. The minimum Gasteiger partial charge on any atom is -0.591 e. The summed E-state index contributed by atoms with van der Waals surface area (Å²) in [4.78, 5) is 0. The highest BCUT2D eigenvalue weighted by molar-refractivity contribution is 7.91. The fourth-order valence-corrected chi connectivity index (χ4v) is 1.89. The Kier molecular flexibility index (Phi) is 4.58. The Balaban J connectivity index is 3.09. The van der Waals surface area contributed by atoms with E-state index in [-0.39, 0.29) is 10.6 Å². The molecule has 5 heteroatoms. The predicted molar refractivity (Wildman–Crippen MR) is 71.5 cm³/mol. The number of hydrogen-bond acceptors (Lipinski definition) is 2. The third-order valence-corrected chi connectivity index (χ3v) is 3.86. The molecule has 0 bridgehead atoms. The van der Waals surface area contributed by atoms with Crippen molar-refractivity contribution in [3.63, 3.8) is 0 Å². The molecule has 1 rings (SSSR count). The molecule has 1 atom stereocenters. The Bertz CT molecular complexity index is 443. The van der Waals surface area contributed by atoms with Crippen molar-refractivity contribution in [2.75, 3.05) is 0 Å². The molecular formula is C12H15ClFNOS. The molecule has 0 saturated heterocycles. The zero-order chi connectivity index (χ0) is 13.2. The molecule has 1 aromatic rings. The molecule has 0 aliphatic heterocycles. The number of nitrogens with zero attached hydrogens (tertiary/aromatic N) is 1. The normalized spacial score (nSPS) is 14.9. The fourth-order valence-electron chi connectivity index (χ4n) is 1.09. The van der Waals surface area contributed by atoms with Gasteiger partial charge in [-0.2, -0.15) is 0 Å². The average Bonchev–Trinajstić information content (AvgIpc) is 2.20. The number of rotatable bonds is 2. The van der Waals surface area contributed by atoms with Crippen LogP contribution in [0.15, 0.2) is 22.6 Å². The second-order valence-electron chi connectivity index (χ2n) is 4.64. The van der Waals surface area contributed by atoms with Gasteiger partial charge in [0, 0.05) is 5.56 Å². The Morgan fingerprint density at radius 3 is 2.53 bits per heavy atom. The van der Waals surface area contributed by atoms with E-state index in [2.05, 4.69) is 4.40 Å². The first kappa shape index (κ1) is 14.5. The van der Waals surface area contributed by atoms with Gasteiger partial charge in [-0.25, -0.2) is 4.39 Å². The summed E-state index contributed by atoms with van der Waals surface area (Å²) in [5, 5.41) is 0.0404. The van der Waals surface area contributed by atoms with E-state index in [0.717, 1.165) is 0 Å². The first-order valence-corrected chi connectivity index (χ1v) is 6.63. The van der Waals surface area contributed by atoms with E-state index in [1.807, 2.05) is 20.8 Å². The van der Waals surface area contributed by atoms with Crippen LogP contribution in [-0.4, -0.2) is 15.0 Å². The molecule has 0 radical (unpaired) electrons. The van der Waals surface area contributed by atoms with Gasteiger partial charge >= 0.3 is 0 Å². The molecule has 0 aliphatic rings. The van der Waals surface area contributed by atoms with Crippen molar-refractivity contribution >= 4 is 28.7 Å². The summed E-state index contributed by atoms with van der Waals surface area (Å²) < 4.78 is 29.0. The van der Waals surface area contributed by atoms with Crippen LogP contribution in [0, 0.1) is 5.82 Å². The Morgan fingerprint density at radius 1 is 1.41 bits per heavy atom. The first-order valence-electron chi connectivity index (χ1n) is 5.15. The summed E-state index contributed by atoms with van der Waals surface area (Å²) in [5.41, 5.74) is 0.674. The van der Waals surface area contributed by atoms with Crippen LogP contribution in [0.3, 0.4) is 0 Å². The van der Waals surface area contributed by atoms with Gasteiger partial charge < -0.3 is 4.55 Å². The SMILES string of the molecule is C/C(=N/[S+]([O-])C(C)(C)C)c1cccc(Cl)c1F. The maximum atomic E-state index is 13.7. The second kappa shape index (κ2) is 5.38. The van der Waals surface area contributed by atoms with Crippen molar-refractivity contribution < 1.29 is 8.94 Å². The van der Waals surface area contributed by atoms with Crippen molar-refractivity contribution in [3.8, 4) is 0 Å². The standard InChI is InChI=1S/C12H15ClFNOS/c1-8(15-17(16)12(2,3)4)9-6-5-7-10(13)11(9)14/h5-7H,1-4H3/b15-8-. The van der Waals surface area contributed by atoms with Crippen molar-refractivity contribution in [2.45, 2.75) is 32.4 Å². The van der Waals surface area contributed by atoms with Gasteiger partial charge in [0.15, 0.2) is 5.82 Å². The van der Waals surface area contributed by atoms with Crippen LogP contribution < -0.4 is 0 Å². The highest BCUT2D eigenvalue weighted by Crippen LogP contribution is 2.21. The predicted octanol–water partition coefficient (Wildman–Crippen LogP) is 3.75. The second-order valence-corrected chi connectivity index (χ2v) is 6.95. The molecule has 0 heterocycles. The lowest BCUT2D eigenvalue weighted by Gasteiger charge is -2.18. The van der Waals surface area contributed by atoms with E-state index in [1.165, 1.54) is 6.07 Å². The van der Waals surface area contributed by atoms with Crippen LogP contribution in [0.4, 0.5) is 4.39 Å². The summed E-state index contributed by atoms with van der Waals surface area (Å²) in [6.07, 6.45) is 0. The third-order valence-electron chi connectivity index (χ3n) is 2.09.